The van der Waals surface area contributed by atoms with E-state index in [0.717, 1.165) is 43.1 Å². The molecule has 2 aromatic rings. The topological polar surface area (TPSA) is 50.8 Å². The predicted molar refractivity (Wildman–Crippen MR) is 107 cm³/mol. The van der Waals surface area contributed by atoms with E-state index in [-0.39, 0.29) is 11.8 Å². The SMILES string of the molecule is CCc1nn2c(C3CC=C(Cl)C=C3Cl)c(C)oc2c1C(=O)N1CCCCC1. The normalized spacial score (nSPS) is 20.7. The lowest BCUT2D eigenvalue weighted by atomic mass is 9.96. The zero-order valence-corrected chi connectivity index (χ0v) is 17.1. The molecule has 0 aromatic carbocycles. The summed E-state index contributed by atoms with van der Waals surface area (Å²) in [5, 5.41) is 6.03. The standard InChI is InChI=1S/C20H23Cl2N3O2/c1-3-16-17(19(26)24-9-5-4-6-10-24)20-25(23-16)18(12(2)27-20)14-8-7-13(21)11-15(14)22/h7,11,14H,3-6,8-10H2,1-2H3. The Bertz CT molecular complexity index is 948. The lowest BCUT2D eigenvalue weighted by molar-refractivity contribution is 0.0724. The molecule has 2 aliphatic rings. The van der Waals surface area contributed by atoms with Gasteiger partial charge in [-0.25, -0.2) is 0 Å². The van der Waals surface area contributed by atoms with Crippen LogP contribution in [0.25, 0.3) is 5.71 Å². The third-order valence-corrected chi connectivity index (χ3v) is 6.07. The molecule has 0 radical (unpaired) electrons. The van der Waals surface area contributed by atoms with Gasteiger partial charge in [0.05, 0.1) is 11.4 Å². The summed E-state index contributed by atoms with van der Waals surface area (Å²) in [4.78, 5) is 15.1. The van der Waals surface area contributed by atoms with Gasteiger partial charge < -0.3 is 9.32 Å². The maximum absolute atomic E-state index is 13.2. The average Bonchev–Trinajstić information content (AvgIpc) is 3.16. The number of oxazole rings is 1. The van der Waals surface area contributed by atoms with Gasteiger partial charge in [-0.2, -0.15) is 9.61 Å². The molecule has 1 aliphatic heterocycles. The summed E-state index contributed by atoms with van der Waals surface area (Å²) in [6, 6.07) is 0. The molecular weight excluding hydrogens is 385 g/mol. The van der Waals surface area contributed by atoms with Crippen LogP contribution in [0.4, 0.5) is 0 Å². The highest BCUT2D eigenvalue weighted by molar-refractivity contribution is 6.35. The molecule has 3 heterocycles. The summed E-state index contributed by atoms with van der Waals surface area (Å²) in [6.07, 6.45) is 8.34. The summed E-state index contributed by atoms with van der Waals surface area (Å²) in [6.45, 7) is 5.50. The van der Waals surface area contributed by atoms with E-state index in [1.807, 2.05) is 24.8 Å². The highest BCUT2D eigenvalue weighted by Gasteiger charge is 2.32. The summed E-state index contributed by atoms with van der Waals surface area (Å²) in [5.41, 5.74) is 2.78. The fourth-order valence-electron chi connectivity index (χ4n) is 4.04. The van der Waals surface area contributed by atoms with Crippen LogP contribution < -0.4 is 0 Å². The van der Waals surface area contributed by atoms with Crippen LogP contribution in [0.5, 0.6) is 0 Å². The van der Waals surface area contributed by atoms with Crippen molar-refractivity contribution >= 4 is 34.8 Å². The van der Waals surface area contributed by atoms with Crippen molar-refractivity contribution < 1.29 is 9.21 Å². The quantitative estimate of drug-likeness (QED) is 0.705. The molecule has 2 aromatic heterocycles. The lowest BCUT2D eigenvalue weighted by Gasteiger charge is -2.26. The summed E-state index contributed by atoms with van der Waals surface area (Å²) in [7, 11) is 0. The Morgan fingerprint density at radius 1 is 1.30 bits per heavy atom. The third-order valence-electron chi connectivity index (χ3n) is 5.43. The molecule has 0 N–H and O–H groups in total. The van der Waals surface area contributed by atoms with Crippen LogP contribution in [0.15, 0.2) is 26.6 Å². The fourth-order valence-corrected chi connectivity index (χ4v) is 4.61. The van der Waals surface area contributed by atoms with Crippen molar-refractivity contribution in [2.45, 2.75) is 51.9 Å². The second-order valence-electron chi connectivity index (χ2n) is 7.20. The number of likely N-dealkylation sites (tertiary alicyclic amines) is 1. The molecule has 1 saturated heterocycles. The highest BCUT2D eigenvalue weighted by Crippen LogP contribution is 2.39. The predicted octanol–water partition coefficient (Wildman–Crippen LogP) is 5.16. The average molecular weight is 408 g/mol. The number of carbonyl (C=O) groups is 1. The van der Waals surface area contributed by atoms with Gasteiger partial charge in [0.15, 0.2) is 0 Å². The molecule has 4 rings (SSSR count). The van der Waals surface area contributed by atoms with Gasteiger partial charge in [-0.3, -0.25) is 4.79 Å². The van der Waals surface area contributed by atoms with Gasteiger partial charge in [0.25, 0.3) is 5.91 Å². The number of hydrogen-bond acceptors (Lipinski definition) is 3. The van der Waals surface area contributed by atoms with Gasteiger partial charge >= 0.3 is 0 Å². The van der Waals surface area contributed by atoms with Gasteiger partial charge in [-0.05, 0) is 45.1 Å². The van der Waals surface area contributed by atoms with E-state index in [1.54, 1.807) is 10.6 Å². The molecule has 7 heteroatoms. The van der Waals surface area contributed by atoms with Gasteiger partial charge in [0.1, 0.15) is 11.3 Å². The van der Waals surface area contributed by atoms with Crippen LogP contribution in [0.2, 0.25) is 0 Å². The molecule has 1 fully saturated rings. The van der Waals surface area contributed by atoms with E-state index in [2.05, 4.69) is 0 Å². The number of piperidine rings is 1. The summed E-state index contributed by atoms with van der Waals surface area (Å²) < 4.78 is 7.84. The van der Waals surface area contributed by atoms with Crippen molar-refractivity contribution in [3.63, 3.8) is 0 Å². The van der Waals surface area contributed by atoms with Gasteiger partial charge in [0, 0.05) is 29.1 Å². The minimum absolute atomic E-state index is 0.0232. The Labute approximate surface area is 168 Å². The van der Waals surface area contributed by atoms with Crippen LogP contribution in [-0.2, 0) is 6.42 Å². The maximum atomic E-state index is 13.2. The number of allylic oxidation sites excluding steroid dienone is 4. The second-order valence-corrected chi connectivity index (χ2v) is 8.07. The Balaban J connectivity index is 1.80. The van der Waals surface area contributed by atoms with Crippen molar-refractivity contribution in [1.29, 1.82) is 0 Å². The lowest BCUT2D eigenvalue weighted by Crippen LogP contribution is -2.36. The largest absolute Gasteiger partial charge is 0.441 e. The van der Waals surface area contributed by atoms with E-state index >= 15 is 0 Å². The van der Waals surface area contributed by atoms with Gasteiger partial charge in [-0.1, -0.05) is 36.2 Å². The monoisotopic (exact) mass is 407 g/mol. The first-order valence-corrected chi connectivity index (χ1v) is 10.3. The number of amides is 1. The molecule has 0 bridgehead atoms. The molecule has 1 unspecified atom stereocenters. The first-order chi connectivity index (χ1) is 13.0. The molecular formula is C20H23Cl2N3O2. The van der Waals surface area contributed by atoms with Crippen LogP contribution >= 0.6 is 23.2 Å². The fraction of sp³-hybridized carbons (Fsp3) is 0.500. The number of nitrogens with zero attached hydrogens (tertiary/aromatic N) is 3. The summed E-state index contributed by atoms with van der Waals surface area (Å²) in [5.74, 6) is 0.684. The summed E-state index contributed by atoms with van der Waals surface area (Å²) >= 11 is 12.6. The molecule has 1 amide bonds. The number of carbonyl (C=O) groups excluding carboxylic acids is 1. The second kappa shape index (κ2) is 7.36. The minimum Gasteiger partial charge on any atom is -0.441 e. The molecule has 27 heavy (non-hydrogen) atoms. The smallest absolute Gasteiger partial charge is 0.261 e. The number of aromatic nitrogens is 2. The maximum Gasteiger partial charge on any atom is 0.261 e. The number of aryl methyl sites for hydroxylation is 2. The van der Waals surface area contributed by atoms with Crippen molar-refractivity contribution in [1.82, 2.24) is 14.5 Å². The Morgan fingerprint density at radius 2 is 2.04 bits per heavy atom. The Kier molecular flexibility index (Phi) is 5.08. The van der Waals surface area contributed by atoms with Crippen LogP contribution in [0.3, 0.4) is 0 Å². The highest BCUT2D eigenvalue weighted by atomic mass is 35.5. The Hall–Kier alpha value is -1.72. The van der Waals surface area contributed by atoms with E-state index in [4.69, 9.17) is 32.7 Å². The minimum atomic E-state index is -0.0713. The molecule has 0 spiro atoms. The van der Waals surface area contributed by atoms with E-state index in [1.165, 1.54) is 6.42 Å². The number of halogens is 2. The first-order valence-electron chi connectivity index (χ1n) is 9.54. The number of rotatable bonds is 3. The van der Waals surface area contributed by atoms with Crippen molar-refractivity contribution in [2.75, 3.05) is 13.1 Å². The van der Waals surface area contributed by atoms with Crippen molar-refractivity contribution in [2.24, 2.45) is 0 Å². The van der Waals surface area contributed by atoms with Crippen LogP contribution in [-0.4, -0.2) is 33.5 Å². The zero-order valence-electron chi connectivity index (χ0n) is 15.6. The molecule has 5 nitrogen and oxygen atoms in total. The zero-order chi connectivity index (χ0) is 19.1. The van der Waals surface area contributed by atoms with Gasteiger partial charge in [-0.15, -0.1) is 0 Å². The molecule has 1 aliphatic carbocycles. The van der Waals surface area contributed by atoms with E-state index < -0.39 is 0 Å². The molecule has 144 valence electrons. The number of fused-ring (bicyclic) bond motifs is 1. The van der Waals surface area contributed by atoms with Gasteiger partial charge in [0.2, 0.25) is 5.71 Å². The van der Waals surface area contributed by atoms with E-state index in [0.29, 0.717) is 34.2 Å². The Morgan fingerprint density at radius 3 is 2.70 bits per heavy atom. The molecule has 1 atom stereocenters. The van der Waals surface area contributed by atoms with Crippen molar-refractivity contribution in [3.05, 3.63) is 44.9 Å². The van der Waals surface area contributed by atoms with Crippen LogP contribution in [0, 0.1) is 6.92 Å². The third kappa shape index (κ3) is 3.21. The van der Waals surface area contributed by atoms with E-state index in [9.17, 15) is 4.79 Å². The molecule has 0 saturated carbocycles. The first kappa shape index (κ1) is 18.6. The number of hydrogen-bond donors (Lipinski definition) is 0. The van der Waals surface area contributed by atoms with Crippen LogP contribution in [0.1, 0.15) is 66.0 Å². The van der Waals surface area contributed by atoms with Crippen molar-refractivity contribution in [3.8, 4) is 0 Å².